The summed E-state index contributed by atoms with van der Waals surface area (Å²) in [4.78, 5) is 33.0. The number of nitrogens with one attached hydrogen (secondary N) is 5. The minimum Gasteiger partial charge on any atom is -0.377 e. The van der Waals surface area contributed by atoms with E-state index in [1.165, 1.54) is 4.90 Å². The van der Waals surface area contributed by atoms with Crippen molar-refractivity contribution in [2.75, 3.05) is 33.7 Å². The number of aliphatic hydroxyl groups is 3. The maximum Gasteiger partial charge on any atom is 0.239 e. The molecule has 3 aliphatic heterocycles. The first-order valence-electron chi connectivity index (χ1n) is 13.2. The lowest BCUT2D eigenvalue weighted by Gasteiger charge is -2.60. The molecule has 3 fully saturated rings. The van der Waals surface area contributed by atoms with Crippen LogP contribution in [0, 0.1) is 11.8 Å². The molecule has 1 radical (unpaired) electrons. The topological polar surface area (TPSA) is 200 Å². The number of nitrogens with zero attached hydrogens (tertiary/aromatic N) is 3. The number of hydrazine groups is 2. The van der Waals surface area contributed by atoms with Gasteiger partial charge in [-0.05, 0) is 25.4 Å². The summed E-state index contributed by atoms with van der Waals surface area (Å²) in [6.45, 7) is 9.01. The highest BCUT2D eigenvalue weighted by Gasteiger charge is 2.60. The molecule has 3 heterocycles. The Kier molecular flexibility index (Phi) is 11.4. The van der Waals surface area contributed by atoms with E-state index in [0.717, 1.165) is 0 Å². The number of aliphatic hydroxyl groups excluding tert-OH is 2. The molecule has 0 aromatic carbocycles. The van der Waals surface area contributed by atoms with Gasteiger partial charge in [0.1, 0.15) is 6.23 Å². The number of carbonyl (C=O) groups is 2. The number of aliphatic imine (C=N–C) groups is 1. The Morgan fingerprint density at radius 1 is 1.41 bits per heavy atom. The highest BCUT2D eigenvalue weighted by Crippen LogP contribution is 2.46. The van der Waals surface area contributed by atoms with Crippen molar-refractivity contribution in [2.45, 2.75) is 67.3 Å². The maximum atomic E-state index is 13.3. The third-order valence-corrected chi connectivity index (χ3v) is 8.95. The number of thioether (sulfide) groups is 1. The first-order valence-corrected chi connectivity index (χ1v) is 14.2. The fourth-order valence-corrected chi connectivity index (χ4v) is 7.29. The van der Waals surface area contributed by atoms with Gasteiger partial charge in [-0.15, -0.1) is 6.58 Å². The summed E-state index contributed by atoms with van der Waals surface area (Å²) in [5.41, 5.74) is 4.92. The van der Waals surface area contributed by atoms with E-state index in [4.69, 9.17) is 5.84 Å². The SMILES string of the molecule is C=CC1C(SC2CN[C@H](C(=O)N(C)C)C2)[B]C(C(O)O)N2C(=O)C(C(C)NC(O)CN=C(NCC)NNN)C12. The number of nitrogens with two attached hydrogens (primary N) is 1. The predicted octanol–water partition coefficient (Wildman–Crippen LogP) is -3.92. The van der Waals surface area contributed by atoms with Gasteiger partial charge >= 0.3 is 0 Å². The van der Waals surface area contributed by atoms with Crippen LogP contribution in [0.25, 0.3) is 0 Å². The molecular weight excluding hydrogens is 525 g/mol. The third-order valence-electron chi connectivity index (χ3n) is 7.42. The monoisotopic (exact) mass is 568 g/mol. The minimum atomic E-state index is -1.73. The standard InChI is InChI=1S/C23H43BN9O5S/c1-6-13-17-16(11(3)29-15(34)10-28-23(26-7-2)30-31-25)21(36)33(17)18(22(37)38)24-19(13)39-12-8-14(27-9-12)20(35)32(4)5/h6,11-19,22,27,29,31,34,37-38H,1,7-10,25H2,2-5H3,(H2,26,28,30)/t11?,12?,13?,14-,15?,16?,17?,18?,19?/m0/s1. The first-order chi connectivity index (χ1) is 18.5. The van der Waals surface area contributed by atoms with Gasteiger partial charge in [0.2, 0.25) is 17.8 Å². The molecule has 0 bridgehead atoms. The molecule has 10 N–H and O–H groups in total. The molecule has 9 atom stereocenters. The van der Waals surface area contributed by atoms with E-state index in [0.29, 0.717) is 25.5 Å². The van der Waals surface area contributed by atoms with E-state index < -0.39 is 30.4 Å². The van der Waals surface area contributed by atoms with E-state index in [1.807, 2.05) is 27.2 Å². The number of β-lactam (4-membered cyclic amide) rings is 1. The van der Waals surface area contributed by atoms with Gasteiger partial charge in [0.05, 0.1) is 30.5 Å². The summed E-state index contributed by atoms with van der Waals surface area (Å²) >= 11 is 1.67. The number of hydrogen-bond donors (Lipinski definition) is 9. The highest BCUT2D eigenvalue weighted by molar-refractivity contribution is 8.01. The normalized spacial score (nSPS) is 32.1. The average Bonchev–Trinajstić information content (AvgIpc) is 3.34. The van der Waals surface area contributed by atoms with Crippen LogP contribution >= 0.6 is 11.8 Å². The second-order valence-electron chi connectivity index (χ2n) is 10.3. The summed E-state index contributed by atoms with van der Waals surface area (Å²) in [7, 11) is 5.28. The molecule has 39 heavy (non-hydrogen) atoms. The van der Waals surface area contributed by atoms with Gasteiger partial charge in [0.25, 0.3) is 0 Å². The maximum absolute atomic E-state index is 13.3. The molecule has 3 rings (SSSR count). The van der Waals surface area contributed by atoms with Crippen LogP contribution in [0.5, 0.6) is 0 Å². The van der Waals surface area contributed by atoms with Crippen LogP contribution in [0.15, 0.2) is 17.6 Å². The van der Waals surface area contributed by atoms with Crippen LogP contribution in [0.1, 0.15) is 20.3 Å². The van der Waals surface area contributed by atoms with Crippen molar-refractivity contribution in [2.24, 2.45) is 22.7 Å². The third kappa shape index (κ3) is 7.24. The van der Waals surface area contributed by atoms with Crippen molar-refractivity contribution >= 4 is 36.8 Å². The van der Waals surface area contributed by atoms with Crippen LogP contribution in [-0.2, 0) is 9.59 Å². The van der Waals surface area contributed by atoms with Crippen molar-refractivity contribution in [1.29, 1.82) is 0 Å². The Morgan fingerprint density at radius 3 is 2.72 bits per heavy atom. The second kappa shape index (κ2) is 14.1. The number of hydrogen-bond acceptors (Lipinski definition) is 11. The number of carbonyl (C=O) groups excluding carboxylic acids is 2. The molecule has 2 amide bonds. The van der Waals surface area contributed by atoms with Gasteiger partial charge in [-0.3, -0.25) is 26.2 Å². The van der Waals surface area contributed by atoms with Crippen LogP contribution < -0.4 is 32.8 Å². The van der Waals surface area contributed by atoms with E-state index in [1.54, 1.807) is 30.8 Å². The molecule has 0 aliphatic carbocycles. The Labute approximate surface area is 234 Å². The van der Waals surface area contributed by atoms with Crippen molar-refractivity contribution in [1.82, 2.24) is 36.7 Å². The van der Waals surface area contributed by atoms with Crippen LogP contribution in [0.2, 0.25) is 0 Å². The molecule has 0 aromatic heterocycles. The number of likely N-dealkylation sites (N-methyl/N-ethyl adjacent to an activating group) is 1. The van der Waals surface area contributed by atoms with Crippen LogP contribution in [0.4, 0.5) is 0 Å². The average molecular weight is 569 g/mol. The fraction of sp³-hybridized carbons (Fsp3) is 0.783. The Balaban J connectivity index is 1.70. The molecular formula is C23H43BN9O5S. The fourth-order valence-electron chi connectivity index (χ4n) is 5.64. The largest absolute Gasteiger partial charge is 0.377 e. The summed E-state index contributed by atoms with van der Waals surface area (Å²) in [5, 5.41) is 40.2. The number of fused-ring (bicyclic) bond motifs is 1. The zero-order valence-corrected chi connectivity index (χ0v) is 23.8. The molecule has 0 spiro atoms. The van der Waals surface area contributed by atoms with Crippen molar-refractivity contribution in [3.8, 4) is 0 Å². The summed E-state index contributed by atoms with van der Waals surface area (Å²) in [6, 6.07) is -1.02. The molecule has 0 aromatic rings. The quantitative estimate of drug-likeness (QED) is 0.0162. The highest BCUT2D eigenvalue weighted by atomic mass is 32.2. The molecule has 3 aliphatic rings. The lowest BCUT2D eigenvalue weighted by Crippen LogP contribution is -2.78. The second-order valence-corrected chi connectivity index (χ2v) is 11.8. The lowest BCUT2D eigenvalue weighted by molar-refractivity contribution is -0.179. The van der Waals surface area contributed by atoms with E-state index in [-0.39, 0.29) is 46.8 Å². The molecule has 16 heteroatoms. The summed E-state index contributed by atoms with van der Waals surface area (Å²) < 4.78 is 0. The predicted molar refractivity (Wildman–Crippen MR) is 151 cm³/mol. The van der Waals surface area contributed by atoms with Crippen LogP contribution in [0.3, 0.4) is 0 Å². The number of amides is 2. The van der Waals surface area contributed by atoms with Gasteiger partial charge in [0.15, 0.2) is 13.6 Å². The summed E-state index contributed by atoms with van der Waals surface area (Å²) in [6.07, 6.45) is -0.287. The van der Waals surface area contributed by atoms with E-state index >= 15 is 0 Å². The zero-order valence-electron chi connectivity index (χ0n) is 22.9. The van der Waals surface area contributed by atoms with Crippen LogP contribution in [-0.4, -0.2) is 131 Å². The number of rotatable bonds is 12. The Bertz CT molecular complexity index is 892. The molecule has 3 saturated heterocycles. The Hall–Kier alpha value is -1.92. The van der Waals surface area contributed by atoms with E-state index in [9.17, 15) is 24.9 Å². The van der Waals surface area contributed by atoms with Gasteiger partial charge in [-0.25, -0.2) is 4.99 Å². The smallest absolute Gasteiger partial charge is 0.239 e. The molecule has 0 saturated carbocycles. The zero-order chi connectivity index (χ0) is 28.9. The van der Waals surface area contributed by atoms with E-state index in [2.05, 4.69) is 38.5 Å². The van der Waals surface area contributed by atoms with Gasteiger partial charge in [-0.2, -0.15) is 17.3 Å². The minimum absolute atomic E-state index is 0.00722. The summed E-state index contributed by atoms with van der Waals surface area (Å²) in [5.74, 6) is 3.92. The van der Waals surface area contributed by atoms with Crippen molar-refractivity contribution in [3.05, 3.63) is 12.7 Å². The first kappa shape index (κ1) is 31.6. The van der Waals surface area contributed by atoms with Gasteiger partial charge in [-0.1, -0.05) is 6.08 Å². The Morgan fingerprint density at radius 2 is 2.13 bits per heavy atom. The molecule has 8 unspecified atom stereocenters. The molecule has 14 nitrogen and oxygen atoms in total. The van der Waals surface area contributed by atoms with Gasteiger partial charge < -0.3 is 35.8 Å². The number of guanidine groups is 1. The molecule has 219 valence electrons. The van der Waals surface area contributed by atoms with Crippen molar-refractivity contribution < 1.29 is 24.9 Å². The van der Waals surface area contributed by atoms with Gasteiger partial charge in [0, 0.05) is 44.4 Å². The lowest BCUT2D eigenvalue weighted by atomic mass is 9.51. The van der Waals surface area contributed by atoms with Crippen molar-refractivity contribution in [3.63, 3.8) is 0 Å².